The standard InChI is InChI=1S/C13H15FN4/c1-3-11-17-12(15)8(2)13(18-11)16-10-7-5-4-6-9(10)14/h4-7H,3H2,1-2H3,(H3,15,16,17,18). The van der Waals surface area contributed by atoms with E-state index in [4.69, 9.17) is 5.73 Å². The van der Waals surface area contributed by atoms with Crippen LogP contribution in [0, 0.1) is 12.7 Å². The lowest BCUT2D eigenvalue weighted by Crippen LogP contribution is -2.07. The molecule has 3 N–H and O–H groups in total. The van der Waals surface area contributed by atoms with Crippen LogP contribution in [0.2, 0.25) is 0 Å². The van der Waals surface area contributed by atoms with E-state index in [0.717, 1.165) is 5.56 Å². The monoisotopic (exact) mass is 246 g/mol. The minimum absolute atomic E-state index is 0.327. The number of halogens is 1. The molecule has 0 unspecified atom stereocenters. The summed E-state index contributed by atoms with van der Waals surface area (Å²) in [5.74, 6) is 1.27. The first kappa shape index (κ1) is 12.3. The molecule has 0 saturated carbocycles. The number of rotatable bonds is 3. The number of aromatic nitrogens is 2. The molecule has 2 aromatic rings. The molecule has 5 heteroatoms. The average Bonchev–Trinajstić information content (AvgIpc) is 2.37. The van der Waals surface area contributed by atoms with E-state index in [1.165, 1.54) is 6.07 Å². The molecule has 0 saturated heterocycles. The molecule has 0 amide bonds. The summed E-state index contributed by atoms with van der Waals surface area (Å²) in [4.78, 5) is 8.47. The number of aryl methyl sites for hydroxylation is 1. The van der Waals surface area contributed by atoms with Crippen LogP contribution in [0.15, 0.2) is 24.3 Å². The molecule has 0 aliphatic rings. The molecular weight excluding hydrogens is 231 g/mol. The average molecular weight is 246 g/mol. The second-order valence-corrected chi connectivity index (χ2v) is 3.96. The van der Waals surface area contributed by atoms with Crippen LogP contribution in [0.1, 0.15) is 18.3 Å². The Morgan fingerprint density at radius 2 is 2.00 bits per heavy atom. The zero-order valence-electron chi connectivity index (χ0n) is 10.4. The second kappa shape index (κ2) is 5.00. The highest BCUT2D eigenvalue weighted by Crippen LogP contribution is 2.23. The molecule has 2 rings (SSSR count). The van der Waals surface area contributed by atoms with Gasteiger partial charge in [-0.3, -0.25) is 0 Å². The summed E-state index contributed by atoms with van der Waals surface area (Å²) in [5.41, 5.74) is 6.90. The van der Waals surface area contributed by atoms with Crippen molar-refractivity contribution < 1.29 is 4.39 Å². The third-order valence-corrected chi connectivity index (χ3v) is 2.67. The number of nitrogens with two attached hydrogens (primary N) is 1. The van der Waals surface area contributed by atoms with Crippen molar-refractivity contribution in [2.45, 2.75) is 20.3 Å². The Morgan fingerprint density at radius 3 is 2.67 bits per heavy atom. The maximum Gasteiger partial charge on any atom is 0.146 e. The van der Waals surface area contributed by atoms with E-state index in [-0.39, 0.29) is 5.82 Å². The number of benzene rings is 1. The van der Waals surface area contributed by atoms with Crippen molar-refractivity contribution in [1.29, 1.82) is 0 Å². The highest BCUT2D eigenvalue weighted by Gasteiger charge is 2.09. The first-order chi connectivity index (χ1) is 8.61. The van der Waals surface area contributed by atoms with E-state index in [2.05, 4.69) is 15.3 Å². The zero-order chi connectivity index (χ0) is 13.1. The van der Waals surface area contributed by atoms with Crippen LogP contribution in [0.25, 0.3) is 0 Å². The number of anilines is 3. The molecule has 94 valence electrons. The van der Waals surface area contributed by atoms with Gasteiger partial charge in [-0.05, 0) is 19.1 Å². The van der Waals surface area contributed by atoms with Crippen LogP contribution in [0.3, 0.4) is 0 Å². The van der Waals surface area contributed by atoms with Gasteiger partial charge in [0.25, 0.3) is 0 Å². The molecule has 1 heterocycles. The number of nitrogens with zero attached hydrogens (tertiary/aromatic N) is 2. The fourth-order valence-corrected chi connectivity index (χ4v) is 1.55. The summed E-state index contributed by atoms with van der Waals surface area (Å²) in [5, 5.41) is 2.95. The maximum atomic E-state index is 13.6. The van der Waals surface area contributed by atoms with Gasteiger partial charge in [-0.25, -0.2) is 14.4 Å². The van der Waals surface area contributed by atoms with Crippen molar-refractivity contribution in [3.63, 3.8) is 0 Å². The van der Waals surface area contributed by atoms with E-state index in [1.54, 1.807) is 25.1 Å². The Balaban J connectivity index is 2.40. The van der Waals surface area contributed by atoms with Crippen LogP contribution < -0.4 is 11.1 Å². The predicted molar refractivity (Wildman–Crippen MR) is 70.2 cm³/mol. The van der Waals surface area contributed by atoms with Gasteiger partial charge in [-0.1, -0.05) is 19.1 Å². The lowest BCUT2D eigenvalue weighted by atomic mass is 10.2. The smallest absolute Gasteiger partial charge is 0.146 e. The Labute approximate surface area is 105 Å². The van der Waals surface area contributed by atoms with Gasteiger partial charge in [0.2, 0.25) is 0 Å². The molecular formula is C13H15FN4. The first-order valence-electron chi connectivity index (χ1n) is 5.76. The van der Waals surface area contributed by atoms with Crippen LogP contribution in [0.5, 0.6) is 0 Å². The van der Waals surface area contributed by atoms with Gasteiger partial charge in [0.15, 0.2) is 0 Å². The van der Waals surface area contributed by atoms with Gasteiger partial charge < -0.3 is 11.1 Å². The second-order valence-electron chi connectivity index (χ2n) is 3.96. The van der Waals surface area contributed by atoms with Gasteiger partial charge in [0.1, 0.15) is 23.3 Å². The molecule has 0 spiro atoms. The highest BCUT2D eigenvalue weighted by atomic mass is 19.1. The number of hydrogen-bond donors (Lipinski definition) is 2. The fraction of sp³-hybridized carbons (Fsp3) is 0.231. The summed E-state index contributed by atoms with van der Waals surface area (Å²) in [7, 11) is 0. The summed E-state index contributed by atoms with van der Waals surface area (Å²) in [6.07, 6.45) is 0.677. The van der Waals surface area contributed by atoms with Crippen LogP contribution in [-0.2, 0) is 6.42 Å². The van der Waals surface area contributed by atoms with Crippen molar-refractivity contribution >= 4 is 17.3 Å². The van der Waals surface area contributed by atoms with E-state index in [9.17, 15) is 4.39 Å². The Bertz CT molecular complexity index is 569. The number of nitrogen functional groups attached to an aromatic ring is 1. The Morgan fingerprint density at radius 1 is 1.28 bits per heavy atom. The predicted octanol–water partition coefficient (Wildman–Crippen LogP) is 2.81. The number of para-hydroxylation sites is 1. The molecule has 18 heavy (non-hydrogen) atoms. The summed E-state index contributed by atoms with van der Waals surface area (Å²) >= 11 is 0. The fourth-order valence-electron chi connectivity index (χ4n) is 1.55. The minimum atomic E-state index is -0.327. The molecule has 1 aromatic heterocycles. The van der Waals surface area contributed by atoms with Gasteiger partial charge in [-0.2, -0.15) is 0 Å². The summed E-state index contributed by atoms with van der Waals surface area (Å²) in [6, 6.07) is 6.44. The third kappa shape index (κ3) is 2.40. The third-order valence-electron chi connectivity index (χ3n) is 2.67. The van der Waals surface area contributed by atoms with Crippen molar-refractivity contribution in [3.8, 4) is 0 Å². The molecule has 0 bridgehead atoms. The van der Waals surface area contributed by atoms with Crippen molar-refractivity contribution in [2.24, 2.45) is 0 Å². The van der Waals surface area contributed by atoms with E-state index < -0.39 is 0 Å². The van der Waals surface area contributed by atoms with Crippen molar-refractivity contribution in [1.82, 2.24) is 9.97 Å². The number of nitrogens with one attached hydrogen (secondary N) is 1. The summed E-state index contributed by atoms with van der Waals surface area (Å²) < 4.78 is 13.6. The Hall–Kier alpha value is -2.17. The van der Waals surface area contributed by atoms with E-state index in [1.807, 2.05) is 6.92 Å². The van der Waals surface area contributed by atoms with Crippen molar-refractivity contribution in [3.05, 3.63) is 41.5 Å². The SMILES string of the molecule is CCc1nc(N)c(C)c(Nc2ccccc2F)n1. The van der Waals surface area contributed by atoms with E-state index in [0.29, 0.717) is 29.6 Å². The zero-order valence-corrected chi connectivity index (χ0v) is 10.4. The maximum absolute atomic E-state index is 13.6. The minimum Gasteiger partial charge on any atom is -0.383 e. The molecule has 0 radical (unpaired) electrons. The first-order valence-corrected chi connectivity index (χ1v) is 5.76. The topological polar surface area (TPSA) is 63.8 Å². The van der Waals surface area contributed by atoms with Gasteiger partial charge >= 0.3 is 0 Å². The molecule has 1 aromatic carbocycles. The normalized spacial score (nSPS) is 10.4. The van der Waals surface area contributed by atoms with Crippen molar-refractivity contribution in [2.75, 3.05) is 11.1 Å². The Kier molecular flexibility index (Phi) is 3.41. The van der Waals surface area contributed by atoms with Crippen LogP contribution in [0.4, 0.5) is 21.7 Å². The lowest BCUT2D eigenvalue weighted by molar-refractivity contribution is 0.631. The van der Waals surface area contributed by atoms with Gasteiger partial charge in [0.05, 0.1) is 5.69 Å². The molecule has 4 nitrogen and oxygen atoms in total. The van der Waals surface area contributed by atoms with Crippen LogP contribution >= 0.6 is 0 Å². The number of hydrogen-bond acceptors (Lipinski definition) is 4. The van der Waals surface area contributed by atoms with Crippen LogP contribution in [-0.4, -0.2) is 9.97 Å². The van der Waals surface area contributed by atoms with Gasteiger partial charge in [-0.15, -0.1) is 0 Å². The van der Waals surface area contributed by atoms with E-state index >= 15 is 0 Å². The van der Waals surface area contributed by atoms with Gasteiger partial charge in [0, 0.05) is 12.0 Å². The molecule has 0 fully saturated rings. The summed E-state index contributed by atoms with van der Waals surface area (Å²) in [6.45, 7) is 3.74. The highest BCUT2D eigenvalue weighted by molar-refractivity contribution is 5.63. The lowest BCUT2D eigenvalue weighted by Gasteiger charge is -2.11. The molecule has 0 atom stereocenters. The largest absolute Gasteiger partial charge is 0.383 e. The molecule has 0 aliphatic carbocycles. The quantitative estimate of drug-likeness (QED) is 0.874. The molecule has 0 aliphatic heterocycles.